The van der Waals surface area contributed by atoms with E-state index in [2.05, 4.69) is 21.7 Å². The molecule has 0 N–H and O–H groups in total. The van der Waals surface area contributed by atoms with E-state index >= 15 is 0 Å². The summed E-state index contributed by atoms with van der Waals surface area (Å²) < 4.78 is 3.77. The molecule has 0 aliphatic heterocycles. The Morgan fingerprint density at radius 2 is 1.92 bits per heavy atom. The summed E-state index contributed by atoms with van der Waals surface area (Å²) in [5.41, 5.74) is 2.09. The maximum absolute atomic E-state index is 3.91. The van der Waals surface area contributed by atoms with Gasteiger partial charge in [-0.3, -0.25) is 0 Å². The van der Waals surface area contributed by atoms with Crippen LogP contribution < -0.4 is 0 Å². The molecular weight excluding hydrogens is 180 g/mol. The fourth-order valence-electron chi connectivity index (χ4n) is 0.990. The average molecular weight is 188 g/mol. The van der Waals surface area contributed by atoms with Crippen molar-refractivity contribution in [1.82, 2.24) is 9.59 Å². The minimum Gasteiger partial charge on any atom is -0.139 e. The zero-order valence-electron chi connectivity index (χ0n) is 6.92. The highest BCUT2D eigenvalue weighted by Gasteiger charge is 1.88. The first-order chi connectivity index (χ1) is 6.45. The van der Waals surface area contributed by atoms with Gasteiger partial charge in [-0.1, -0.05) is 40.9 Å². The summed E-state index contributed by atoms with van der Waals surface area (Å²) in [6, 6.07) is 10.1. The van der Waals surface area contributed by atoms with Gasteiger partial charge in [-0.25, -0.2) is 0 Å². The van der Waals surface area contributed by atoms with E-state index in [9.17, 15) is 0 Å². The van der Waals surface area contributed by atoms with E-state index in [4.69, 9.17) is 0 Å². The van der Waals surface area contributed by atoms with E-state index in [0.29, 0.717) is 0 Å². The first-order valence-electron chi connectivity index (χ1n) is 3.95. The molecule has 0 aliphatic rings. The molecule has 3 heteroatoms. The van der Waals surface area contributed by atoms with E-state index in [1.54, 1.807) is 0 Å². The van der Waals surface area contributed by atoms with E-state index in [0.717, 1.165) is 5.69 Å². The lowest BCUT2D eigenvalue weighted by atomic mass is 10.2. The molecule has 64 valence electrons. The third-order valence-electron chi connectivity index (χ3n) is 1.62. The molecule has 0 saturated heterocycles. The highest BCUT2D eigenvalue weighted by molar-refractivity contribution is 7.03. The SMILES string of the molecule is C(=Cc1csnn1)c1ccccc1. The minimum atomic E-state index is 0.911. The maximum Gasteiger partial charge on any atom is 0.0982 e. The van der Waals surface area contributed by atoms with Crippen LogP contribution in [0.15, 0.2) is 35.7 Å². The van der Waals surface area contributed by atoms with Crippen molar-refractivity contribution < 1.29 is 0 Å². The van der Waals surface area contributed by atoms with E-state index in [1.807, 2.05) is 35.7 Å². The Kier molecular flexibility index (Phi) is 2.48. The standard InChI is InChI=1S/C10H8N2S/c1-2-4-9(5-3-1)6-7-10-8-13-12-11-10/h1-8H. The largest absolute Gasteiger partial charge is 0.139 e. The number of hydrogen-bond acceptors (Lipinski definition) is 3. The molecule has 2 rings (SSSR count). The van der Waals surface area contributed by atoms with Gasteiger partial charge in [0.05, 0.1) is 5.69 Å². The fraction of sp³-hybridized carbons (Fsp3) is 0. The summed E-state index contributed by atoms with van der Waals surface area (Å²) in [6.07, 6.45) is 3.98. The van der Waals surface area contributed by atoms with Crippen molar-refractivity contribution in [1.29, 1.82) is 0 Å². The number of hydrogen-bond donors (Lipinski definition) is 0. The van der Waals surface area contributed by atoms with Crippen molar-refractivity contribution >= 4 is 23.7 Å². The monoisotopic (exact) mass is 188 g/mol. The lowest BCUT2D eigenvalue weighted by molar-refractivity contribution is 1.14. The van der Waals surface area contributed by atoms with Crippen LogP contribution in [0.5, 0.6) is 0 Å². The molecule has 0 radical (unpaired) electrons. The van der Waals surface area contributed by atoms with Crippen LogP contribution in [0.3, 0.4) is 0 Å². The Balaban J connectivity index is 2.15. The molecule has 0 amide bonds. The van der Waals surface area contributed by atoms with Gasteiger partial charge in [0.15, 0.2) is 0 Å². The van der Waals surface area contributed by atoms with Crippen molar-refractivity contribution in [3.8, 4) is 0 Å². The van der Waals surface area contributed by atoms with E-state index in [1.165, 1.54) is 17.1 Å². The van der Waals surface area contributed by atoms with Gasteiger partial charge in [-0.15, -0.1) is 5.10 Å². The van der Waals surface area contributed by atoms with Crippen LogP contribution in [0.25, 0.3) is 12.2 Å². The van der Waals surface area contributed by atoms with Crippen molar-refractivity contribution in [2.75, 3.05) is 0 Å². The van der Waals surface area contributed by atoms with Crippen molar-refractivity contribution in [3.63, 3.8) is 0 Å². The zero-order chi connectivity index (χ0) is 8.93. The summed E-state index contributed by atoms with van der Waals surface area (Å²) in [4.78, 5) is 0. The quantitative estimate of drug-likeness (QED) is 0.724. The number of nitrogens with zero attached hydrogens (tertiary/aromatic N) is 2. The van der Waals surface area contributed by atoms with Crippen LogP contribution in [0.1, 0.15) is 11.3 Å². The topological polar surface area (TPSA) is 25.8 Å². The van der Waals surface area contributed by atoms with Gasteiger partial charge < -0.3 is 0 Å². The summed E-state index contributed by atoms with van der Waals surface area (Å²) in [7, 11) is 0. The van der Waals surface area contributed by atoms with Crippen molar-refractivity contribution in [2.45, 2.75) is 0 Å². The maximum atomic E-state index is 3.91. The van der Waals surface area contributed by atoms with Gasteiger partial charge in [0.25, 0.3) is 0 Å². The van der Waals surface area contributed by atoms with Crippen LogP contribution >= 0.6 is 11.5 Å². The van der Waals surface area contributed by atoms with Gasteiger partial charge in [0.2, 0.25) is 0 Å². The lowest BCUT2D eigenvalue weighted by Gasteiger charge is -1.88. The van der Waals surface area contributed by atoms with Crippen LogP contribution in [-0.4, -0.2) is 9.59 Å². The molecule has 1 aromatic carbocycles. The molecule has 0 fully saturated rings. The molecule has 0 unspecified atom stereocenters. The average Bonchev–Trinajstić information content (AvgIpc) is 2.69. The number of aromatic nitrogens is 2. The molecule has 0 aliphatic carbocycles. The second kappa shape index (κ2) is 3.96. The summed E-state index contributed by atoms with van der Waals surface area (Å²) in [6.45, 7) is 0. The van der Waals surface area contributed by atoms with Crippen LogP contribution in [0.4, 0.5) is 0 Å². The summed E-state index contributed by atoms with van der Waals surface area (Å²) in [5.74, 6) is 0. The summed E-state index contributed by atoms with van der Waals surface area (Å²) in [5, 5.41) is 5.83. The van der Waals surface area contributed by atoms with Gasteiger partial charge in [-0.2, -0.15) is 0 Å². The third kappa shape index (κ3) is 2.23. The predicted molar refractivity (Wildman–Crippen MR) is 55.3 cm³/mol. The summed E-state index contributed by atoms with van der Waals surface area (Å²) >= 11 is 1.36. The molecular formula is C10H8N2S. The smallest absolute Gasteiger partial charge is 0.0982 e. The molecule has 0 bridgehead atoms. The van der Waals surface area contributed by atoms with Crippen molar-refractivity contribution in [2.24, 2.45) is 0 Å². The molecule has 2 aromatic rings. The minimum absolute atomic E-state index is 0.911. The lowest BCUT2D eigenvalue weighted by Crippen LogP contribution is -1.71. The van der Waals surface area contributed by atoms with Crippen LogP contribution in [-0.2, 0) is 0 Å². The molecule has 1 heterocycles. The molecule has 1 aromatic heterocycles. The number of rotatable bonds is 2. The second-order valence-electron chi connectivity index (χ2n) is 2.57. The second-order valence-corrected chi connectivity index (χ2v) is 3.18. The van der Waals surface area contributed by atoms with Crippen LogP contribution in [0.2, 0.25) is 0 Å². The highest BCUT2D eigenvalue weighted by atomic mass is 32.1. The molecule has 0 saturated carbocycles. The Morgan fingerprint density at radius 3 is 2.62 bits per heavy atom. The van der Waals surface area contributed by atoms with Gasteiger partial charge >= 0.3 is 0 Å². The van der Waals surface area contributed by atoms with Crippen LogP contribution in [0, 0.1) is 0 Å². The Labute approximate surface area is 80.7 Å². The Hall–Kier alpha value is -1.48. The third-order valence-corrected chi connectivity index (χ3v) is 2.15. The normalized spacial score (nSPS) is 10.8. The first kappa shape index (κ1) is 8.13. The predicted octanol–water partition coefficient (Wildman–Crippen LogP) is 2.71. The Morgan fingerprint density at radius 1 is 1.08 bits per heavy atom. The molecule has 0 spiro atoms. The van der Waals surface area contributed by atoms with E-state index < -0.39 is 0 Å². The molecule has 2 nitrogen and oxygen atoms in total. The highest BCUT2D eigenvalue weighted by Crippen LogP contribution is 2.06. The van der Waals surface area contributed by atoms with E-state index in [-0.39, 0.29) is 0 Å². The van der Waals surface area contributed by atoms with Crippen molar-refractivity contribution in [3.05, 3.63) is 47.0 Å². The van der Waals surface area contributed by atoms with Gasteiger partial charge in [-0.05, 0) is 23.2 Å². The first-order valence-corrected chi connectivity index (χ1v) is 4.79. The van der Waals surface area contributed by atoms with Gasteiger partial charge in [0.1, 0.15) is 0 Å². The molecule has 0 atom stereocenters. The fourth-order valence-corrected chi connectivity index (χ4v) is 1.41. The zero-order valence-corrected chi connectivity index (χ0v) is 7.74. The molecule has 13 heavy (non-hydrogen) atoms. The van der Waals surface area contributed by atoms with Gasteiger partial charge in [0, 0.05) is 5.38 Å². The number of benzene rings is 1. The Bertz CT molecular complexity index is 379.